The first-order valence-corrected chi connectivity index (χ1v) is 6.80. The van der Waals surface area contributed by atoms with Crippen molar-refractivity contribution >= 4 is 27.3 Å². The number of hydrogen-bond donors (Lipinski definition) is 1. The molecule has 0 bridgehead atoms. The highest BCUT2D eigenvalue weighted by Gasteiger charge is 2.19. The number of aromatic nitrogens is 2. The lowest BCUT2D eigenvalue weighted by atomic mass is 10.3. The van der Waals surface area contributed by atoms with Crippen LogP contribution in [0, 0.1) is 17.5 Å². The summed E-state index contributed by atoms with van der Waals surface area (Å²) in [5.74, 6) is -4.08. The van der Waals surface area contributed by atoms with Gasteiger partial charge in [0, 0.05) is 12.1 Å². The van der Waals surface area contributed by atoms with Crippen molar-refractivity contribution in [3.8, 4) is 0 Å². The summed E-state index contributed by atoms with van der Waals surface area (Å²) in [4.78, 5) is 6.49. The molecule has 1 aromatic carbocycles. The van der Waals surface area contributed by atoms with Gasteiger partial charge in [0.05, 0.1) is 18.1 Å². The van der Waals surface area contributed by atoms with Gasteiger partial charge in [0.25, 0.3) is 10.0 Å². The lowest BCUT2D eigenvalue weighted by Crippen LogP contribution is -2.15. The third-order valence-electron chi connectivity index (χ3n) is 2.16. The van der Waals surface area contributed by atoms with Crippen LogP contribution in [0.4, 0.5) is 18.9 Å². The van der Waals surface area contributed by atoms with Crippen molar-refractivity contribution in [2.24, 2.45) is 0 Å². The molecule has 20 heavy (non-hydrogen) atoms. The highest BCUT2D eigenvalue weighted by atomic mass is 35.5. The molecule has 0 spiro atoms. The van der Waals surface area contributed by atoms with Crippen molar-refractivity contribution in [1.29, 1.82) is 0 Å². The minimum Gasteiger partial charge on any atom is -0.276 e. The maximum atomic E-state index is 13.4. The second-order valence-electron chi connectivity index (χ2n) is 3.54. The molecule has 1 N–H and O–H groups in total. The number of nitrogens with one attached hydrogen (secondary N) is 1. The normalized spacial score (nSPS) is 11.4. The molecule has 0 unspecified atom stereocenters. The van der Waals surface area contributed by atoms with Crippen LogP contribution in [-0.4, -0.2) is 18.4 Å². The van der Waals surface area contributed by atoms with E-state index in [4.69, 9.17) is 11.6 Å². The van der Waals surface area contributed by atoms with Gasteiger partial charge in [-0.2, -0.15) is 0 Å². The summed E-state index contributed by atoms with van der Waals surface area (Å²) in [7, 11) is -4.24. The number of sulfonamides is 1. The zero-order chi connectivity index (χ0) is 14.9. The SMILES string of the molecule is O=S(=O)(Nc1cc(F)c(F)cc1F)c1cnc(Cl)nc1. The molecule has 2 aromatic rings. The molecule has 0 aliphatic carbocycles. The van der Waals surface area contributed by atoms with Gasteiger partial charge in [-0.05, 0) is 11.6 Å². The Labute approximate surface area is 116 Å². The fraction of sp³-hybridized carbons (Fsp3) is 0. The summed E-state index contributed by atoms with van der Waals surface area (Å²) in [6, 6.07) is 0.616. The quantitative estimate of drug-likeness (QED) is 0.695. The zero-order valence-electron chi connectivity index (χ0n) is 9.44. The van der Waals surface area contributed by atoms with E-state index in [0.717, 1.165) is 12.4 Å². The maximum Gasteiger partial charge on any atom is 0.265 e. The Bertz CT molecular complexity index is 753. The Hall–Kier alpha value is -1.87. The molecule has 0 aliphatic heterocycles. The van der Waals surface area contributed by atoms with E-state index in [1.54, 1.807) is 4.72 Å². The molecule has 0 saturated heterocycles. The van der Waals surface area contributed by atoms with Gasteiger partial charge in [0.15, 0.2) is 11.6 Å². The molecule has 1 aromatic heterocycles. The number of rotatable bonds is 3. The molecule has 0 fully saturated rings. The highest BCUT2D eigenvalue weighted by molar-refractivity contribution is 7.92. The van der Waals surface area contributed by atoms with E-state index in [-0.39, 0.29) is 11.3 Å². The molecule has 2 rings (SSSR count). The summed E-state index contributed by atoms with van der Waals surface area (Å²) in [6.45, 7) is 0. The monoisotopic (exact) mass is 323 g/mol. The summed E-state index contributed by atoms with van der Waals surface area (Å²) in [5, 5.41) is -0.178. The van der Waals surface area contributed by atoms with Crippen LogP contribution in [0.1, 0.15) is 0 Å². The molecule has 1 heterocycles. The van der Waals surface area contributed by atoms with E-state index in [2.05, 4.69) is 9.97 Å². The van der Waals surface area contributed by atoms with Crippen LogP contribution >= 0.6 is 11.6 Å². The predicted octanol–water partition coefficient (Wildman–Crippen LogP) is 2.35. The zero-order valence-corrected chi connectivity index (χ0v) is 11.0. The first kappa shape index (κ1) is 14.5. The van der Waals surface area contributed by atoms with Crippen LogP contribution in [0.15, 0.2) is 29.4 Å². The molecule has 0 aliphatic rings. The molecule has 10 heteroatoms. The highest BCUT2D eigenvalue weighted by Crippen LogP contribution is 2.21. The van der Waals surface area contributed by atoms with Gasteiger partial charge in [-0.25, -0.2) is 31.6 Å². The van der Waals surface area contributed by atoms with Gasteiger partial charge in [0.1, 0.15) is 10.7 Å². The standard InChI is InChI=1S/C10H5ClF3N3O2S/c11-10-15-3-5(4-16-10)20(18,19)17-9-2-7(13)6(12)1-8(9)14/h1-4,17H. The summed E-state index contributed by atoms with van der Waals surface area (Å²) >= 11 is 5.40. The Morgan fingerprint density at radius 2 is 1.55 bits per heavy atom. The number of nitrogens with zero attached hydrogens (tertiary/aromatic N) is 2. The van der Waals surface area contributed by atoms with Gasteiger partial charge >= 0.3 is 0 Å². The van der Waals surface area contributed by atoms with Gasteiger partial charge in [-0.1, -0.05) is 0 Å². The Morgan fingerprint density at radius 3 is 2.15 bits per heavy atom. The smallest absolute Gasteiger partial charge is 0.265 e. The van der Waals surface area contributed by atoms with Crippen molar-refractivity contribution in [1.82, 2.24) is 9.97 Å². The van der Waals surface area contributed by atoms with Crippen molar-refractivity contribution < 1.29 is 21.6 Å². The first-order chi connectivity index (χ1) is 9.29. The van der Waals surface area contributed by atoms with Crippen molar-refractivity contribution in [2.75, 3.05) is 4.72 Å². The summed E-state index contributed by atoms with van der Waals surface area (Å²) in [6.07, 6.45) is 1.77. The topological polar surface area (TPSA) is 72.0 Å². The van der Waals surface area contributed by atoms with Gasteiger partial charge in [-0.15, -0.1) is 0 Å². The molecule has 0 saturated carbocycles. The maximum absolute atomic E-state index is 13.4. The van der Waals surface area contributed by atoms with Crippen LogP contribution in [0.25, 0.3) is 0 Å². The Kier molecular flexibility index (Phi) is 3.82. The minimum atomic E-state index is -4.24. The average molecular weight is 324 g/mol. The van der Waals surface area contributed by atoms with E-state index in [1.165, 1.54) is 0 Å². The molecule has 0 atom stereocenters. The van der Waals surface area contributed by atoms with E-state index in [1.807, 2.05) is 0 Å². The minimum absolute atomic E-state index is 0.178. The number of hydrogen-bond acceptors (Lipinski definition) is 4. The van der Waals surface area contributed by atoms with Gasteiger partial charge < -0.3 is 0 Å². The third kappa shape index (κ3) is 2.99. The van der Waals surface area contributed by atoms with Crippen molar-refractivity contribution in [2.45, 2.75) is 4.90 Å². The Balaban J connectivity index is 2.38. The van der Waals surface area contributed by atoms with Crippen molar-refractivity contribution in [3.05, 3.63) is 47.3 Å². The van der Waals surface area contributed by atoms with Gasteiger partial charge in [0.2, 0.25) is 5.28 Å². The van der Waals surface area contributed by atoms with E-state index in [0.29, 0.717) is 6.07 Å². The lowest BCUT2D eigenvalue weighted by molar-refractivity contribution is 0.496. The third-order valence-corrected chi connectivity index (χ3v) is 3.68. The summed E-state index contributed by atoms with van der Waals surface area (Å²) in [5.41, 5.74) is -0.737. The van der Waals surface area contributed by atoms with E-state index >= 15 is 0 Å². The second-order valence-corrected chi connectivity index (χ2v) is 5.56. The molecule has 5 nitrogen and oxygen atoms in total. The fourth-order valence-electron chi connectivity index (χ4n) is 1.24. The van der Waals surface area contributed by atoms with E-state index < -0.39 is 38.1 Å². The summed E-state index contributed by atoms with van der Waals surface area (Å²) < 4.78 is 64.5. The number of benzene rings is 1. The number of anilines is 1. The van der Waals surface area contributed by atoms with Crippen molar-refractivity contribution in [3.63, 3.8) is 0 Å². The molecule has 0 amide bonds. The van der Waals surface area contributed by atoms with Crippen LogP contribution in [-0.2, 0) is 10.0 Å². The van der Waals surface area contributed by atoms with E-state index in [9.17, 15) is 21.6 Å². The van der Waals surface area contributed by atoms with Gasteiger partial charge in [-0.3, -0.25) is 4.72 Å². The lowest BCUT2D eigenvalue weighted by Gasteiger charge is -2.08. The van der Waals surface area contributed by atoms with Crippen LogP contribution in [0.2, 0.25) is 5.28 Å². The van der Waals surface area contributed by atoms with Crippen LogP contribution in [0.3, 0.4) is 0 Å². The fourth-order valence-corrected chi connectivity index (χ4v) is 2.29. The Morgan fingerprint density at radius 1 is 1.00 bits per heavy atom. The largest absolute Gasteiger partial charge is 0.276 e. The average Bonchev–Trinajstić information content (AvgIpc) is 2.36. The van der Waals surface area contributed by atoms with Crippen LogP contribution < -0.4 is 4.72 Å². The predicted molar refractivity (Wildman–Crippen MR) is 64.2 cm³/mol. The first-order valence-electron chi connectivity index (χ1n) is 4.94. The molecular weight excluding hydrogens is 319 g/mol. The molecule has 106 valence electrons. The number of halogens is 4. The van der Waals surface area contributed by atoms with Crippen LogP contribution in [0.5, 0.6) is 0 Å². The molecule has 0 radical (unpaired) electrons. The molecular formula is C10H5ClF3N3O2S. The second kappa shape index (κ2) is 5.25.